The van der Waals surface area contributed by atoms with Crippen LogP contribution in [0.1, 0.15) is 35.8 Å². The van der Waals surface area contributed by atoms with Gasteiger partial charge < -0.3 is 10.4 Å². The second-order valence-electron chi connectivity index (χ2n) is 5.15. The molecule has 0 fully saturated rings. The molecular formula is C17H21N3O2. The lowest BCUT2D eigenvalue weighted by atomic mass is 10.1. The van der Waals surface area contributed by atoms with E-state index in [9.17, 15) is 4.79 Å². The summed E-state index contributed by atoms with van der Waals surface area (Å²) in [4.78, 5) is 21.0. The SMILES string of the molecule is CCC(CCO)NC(=O)c1cnc(-c2ccccc2)nc1C. The van der Waals surface area contributed by atoms with Gasteiger partial charge in [-0.2, -0.15) is 0 Å². The lowest BCUT2D eigenvalue weighted by Gasteiger charge is -2.16. The molecule has 0 radical (unpaired) electrons. The van der Waals surface area contributed by atoms with Crippen molar-refractivity contribution in [1.82, 2.24) is 15.3 Å². The number of rotatable bonds is 6. The van der Waals surface area contributed by atoms with Crippen molar-refractivity contribution >= 4 is 5.91 Å². The fraction of sp³-hybridized carbons (Fsp3) is 0.353. The van der Waals surface area contributed by atoms with Gasteiger partial charge in [0.25, 0.3) is 5.91 Å². The van der Waals surface area contributed by atoms with Crippen molar-refractivity contribution in [2.24, 2.45) is 0 Å². The molecule has 0 aliphatic heterocycles. The van der Waals surface area contributed by atoms with Gasteiger partial charge in [-0.1, -0.05) is 37.3 Å². The molecule has 0 aliphatic carbocycles. The van der Waals surface area contributed by atoms with E-state index in [4.69, 9.17) is 5.11 Å². The summed E-state index contributed by atoms with van der Waals surface area (Å²) < 4.78 is 0. The number of aliphatic hydroxyl groups is 1. The van der Waals surface area contributed by atoms with Crippen LogP contribution in [-0.2, 0) is 0 Å². The zero-order valence-electron chi connectivity index (χ0n) is 12.9. The summed E-state index contributed by atoms with van der Waals surface area (Å²) in [6.45, 7) is 3.83. The number of benzene rings is 1. The van der Waals surface area contributed by atoms with Crippen molar-refractivity contribution in [3.8, 4) is 11.4 Å². The van der Waals surface area contributed by atoms with Crippen molar-refractivity contribution in [3.05, 3.63) is 47.8 Å². The van der Waals surface area contributed by atoms with Gasteiger partial charge in [0.15, 0.2) is 5.82 Å². The number of carbonyl (C=O) groups is 1. The highest BCUT2D eigenvalue weighted by Crippen LogP contribution is 2.15. The van der Waals surface area contributed by atoms with Gasteiger partial charge in [0.1, 0.15) is 0 Å². The number of aliphatic hydroxyl groups excluding tert-OH is 1. The molecule has 0 saturated heterocycles. The molecule has 116 valence electrons. The Morgan fingerprint density at radius 2 is 2.05 bits per heavy atom. The van der Waals surface area contributed by atoms with Gasteiger partial charge in [-0.25, -0.2) is 9.97 Å². The van der Waals surface area contributed by atoms with Crippen molar-refractivity contribution in [1.29, 1.82) is 0 Å². The van der Waals surface area contributed by atoms with Gasteiger partial charge in [0.05, 0.1) is 11.3 Å². The van der Waals surface area contributed by atoms with E-state index in [2.05, 4.69) is 15.3 Å². The van der Waals surface area contributed by atoms with E-state index in [1.165, 1.54) is 0 Å². The van der Waals surface area contributed by atoms with E-state index in [0.717, 1.165) is 12.0 Å². The maximum Gasteiger partial charge on any atom is 0.254 e. The average molecular weight is 299 g/mol. The molecule has 1 atom stereocenters. The molecule has 1 heterocycles. The predicted octanol–water partition coefficient (Wildman–Crippen LogP) is 2.34. The highest BCUT2D eigenvalue weighted by molar-refractivity contribution is 5.95. The second kappa shape index (κ2) is 7.66. The van der Waals surface area contributed by atoms with Crippen LogP contribution in [-0.4, -0.2) is 33.6 Å². The zero-order valence-corrected chi connectivity index (χ0v) is 12.9. The van der Waals surface area contributed by atoms with Crippen molar-refractivity contribution in [2.45, 2.75) is 32.7 Å². The Morgan fingerprint density at radius 3 is 2.64 bits per heavy atom. The molecule has 2 aromatic rings. The van der Waals surface area contributed by atoms with E-state index in [0.29, 0.717) is 23.5 Å². The Balaban J connectivity index is 2.17. The summed E-state index contributed by atoms with van der Waals surface area (Å²) in [7, 11) is 0. The third-order valence-corrected chi connectivity index (χ3v) is 3.56. The number of nitrogens with one attached hydrogen (secondary N) is 1. The molecule has 0 spiro atoms. The average Bonchev–Trinajstić information content (AvgIpc) is 2.55. The molecule has 1 aromatic carbocycles. The monoisotopic (exact) mass is 299 g/mol. The van der Waals surface area contributed by atoms with E-state index in [1.807, 2.05) is 37.3 Å². The Hall–Kier alpha value is -2.27. The molecule has 2 rings (SSSR count). The van der Waals surface area contributed by atoms with Gasteiger partial charge in [-0.15, -0.1) is 0 Å². The van der Waals surface area contributed by atoms with Crippen LogP contribution >= 0.6 is 0 Å². The topological polar surface area (TPSA) is 75.1 Å². The lowest BCUT2D eigenvalue weighted by Crippen LogP contribution is -2.35. The molecule has 2 N–H and O–H groups in total. The molecule has 0 aliphatic rings. The van der Waals surface area contributed by atoms with Gasteiger partial charge in [0, 0.05) is 24.4 Å². The summed E-state index contributed by atoms with van der Waals surface area (Å²) in [6, 6.07) is 9.62. The van der Waals surface area contributed by atoms with E-state index in [1.54, 1.807) is 13.1 Å². The molecule has 5 nitrogen and oxygen atoms in total. The number of aryl methyl sites for hydroxylation is 1. The largest absolute Gasteiger partial charge is 0.396 e. The first-order valence-corrected chi connectivity index (χ1v) is 7.46. The third-order valence-electron chi connectivity index (χ3n) is 3.56. The van der Waals surface area contributed by atoms with Crippen molar-refractivity contribution < 1.29 is 9.90 Å². The van der Waals surface area contributed by atoms with E-state index < -0.39 is 0 Å². The van der Waals surface area contributed by atoms with Crippen LogP contribution in [0.2, 0.25) is 0 Å². The first-order chi connectivity index (χ1) is 10.7. The summed E-state index contributed by atoms with van der Waals surface area (Å²) in [5.74, 6) is 0.412. The molecule has 22 heavy (non-hydrogen) atoms. The first kappa shape index (κ1) is 16.1. The quantitative estimate of drug-likeness (QED) is 0.858. The Labute approximate surface area is 130 Å². The summed E-state index contributed by atoms with van der Waals surface area (Å²) in [6.07, 6.45) is 2.88. The number of carbonyl (C=O) groups excluding carboxylic acids is 1. The van der Waals surface area contributed by atoms with Gasteiger partial charge in [0.2, 0.25) is 0 Å². The number of hydrogen-bond acceptors (Lipinski definition) is 4. The van der Waals surface area contributed by atoms with Crippen LogP contribution in [0.4, 0.5) is 0 Å². The minimum Gasteiger partial charge on any atom is -0.396 e. The summed E-state index contributed by atoms with van der Waals surface area (Å²) >= 11 is 0. The van der Waals surface area contributed by atoms with Crippen LogP contribution < -0.4 is 5.32 Å². The van der Waals surface area contributed by atoms with Gasteiger partial charge in [-0.3, -0.25) is 4.79 Å². The smallest absolute Gasteiger partial charge is 0.254 e. The van der Waals surface area contributed by atoms with Crippen LogP contribution in [0, 0.1) is 6.92 Å². The molecular weight excluding hydrogens is 278 g/mol. The van der Waals surface area contributed by atoms with E-state index >= 15 is 0 Å². The van der Waals surface area contributed by atoms with E-state index in [-0.39, 0.29) is 18.6 Å². The zero-order chi connectivity index (χ0) is 15.9. The molecule has 0 bridgehead atoms. The van der Waals surface area contributed by atoms with Crippen LogP contribution in [0.15, 0.2) is 36.5 Å². The highest BCUT2D eigenvalue weighted by Gasteiger charge is 2.15. The fourth-order valence-corrected chi connectivity index (χ4v) is 2.21. The summed E-state index contributed by atoms with van der Waals surface area (Å²) in [5, 5.41) is 11.9. The molecule has 0 saturated carbocycles. The molecule has 5 heteroatoms. The number of aromatic nitrogens is 2. The van der Waals surface area contributed by atoms with Gasteiger partial charge in [-0.05, 0) is 19.8 Å². The Bertz CT molecular complexity index is 629. The lowest BCUT2D eigenvalue weighted by molar-refractivity contribution is 0.0927. The Kier molecular flexibility index (Phi) is 5.61. The standard InChI is InChI=1S/C17H21N3O2/c1-3-14(9-10-21)20-17(22)15-11-18-16(19-12(15)2)13-7-5-4-6-8-13/h4-8,11,14,21H,3,9-10H2,1-2H3,(H,20,22). The molecule has 1 unspecified atom stereocenters. The van der Waals surface area contributed by atoms with Crippen molar-refractivity contribution in [2.75, 3.05) is 6.61 Å². The maximum atomic E-state index is 12.3. The minimum atomic E-state index is -0.197. The molecule has 1 amide bonds. The fourth-order valence-electron chi connectivity index (χ4n) is 2.21. The minimum absolute atomic E-state index is 0.0364. The second-order valence-corrected chi connectivity index (χ2v) is 5.15. The normalized spacial score (nSPS) is 12.0. The summed E-state index contributed by atoms with van der Waals surface area (Å²) in [5.41, 5.74) is 2.03. The van der Waals surface area contributed by atoms with Gasteiger partial charge >= 0.3 is 0 Å². The van der Waals surface area contributed by atoms with Crippen LogP contribution in [0.5, 0.6) is 0 Å². The number of hydrogen-bond donors (Lipinski definition) is 2. The van der Waals surface area contributed by atoms with Crippen LogP contribution in [0.3, 0.4) is 0 Å². The molecule has 1 aromatic heterocycles. The Morgan fingerprint density at radius 1 is 1.32 bits per heavy atom. The maximum absolute atomic E-state index is 12.3. The third kappa shape index (κ3) is 3.89. The van der Waals surface area contributed by atoms with Crippen LogP contribution in [0.25, 0.3) is 11.4 Å². The number of amides is 1. The first-order valence-electron chi connectivity index (χ1n) is 7.46. The highest BCUT2D eigenvalue weighted by atomic mass is 16.3. The van der Waals surface area contributed by atoms with Crippen molar-refractivity contribution in [3.63, 3.8) is 0 Å². The predicted molar refractivity (Wildman–Crippen MR) is 85.5 cm³/mol. The number of nitrogens with zero attached hydrogens (tertiary/aromatic N) is 2.